The molecule has 1 aromatic rings. The number of nitrogens with zero attached hydrogens (tertiary/aromatic N) is 1. The minimum absolute atomic E-state index is 0.0222. The molecule has 0 bridgehead atoms. The lowest BCUT2D eigenvalue weighted by Crippen LogP contribution is -2.28. The van der Waals surface area contributed by atoms with Crippen molar-refractivity contribution in [1.29, 1.82) is 0 Å². The van der Waals surface area contributed by atoms with Crippen molar-refractivity contribution in [3.63, 3.8) is 0 Å². The monoisotopic (exact) mass is 265 g/mol. The smallest absolute Gasteiger partial charge is 0.374 e. The molecule has 94 valence electrons. The van der Waals surface area contributed by atoms with Crippen LogP contribution < -0.4 is 4.90 Å². The summed E-state index contributed by atoms with van der Waals surface area (Å²) >= 11 is 5.67. The molecule has 1 heterocycles. The van der Waals surface area contributed by atoms with E-state index >= 15 is 0 Å². The SMILES string of the molecule is OC1CCCN1c1cc(Cl)cc(C(F)(F)F)c1. The molecule has 0 aromatic heterocycles. The molecule has 1 unspecified atom stereocenters. The van der Waals surface area contributed by atoms with E-state index in [9.17, 15) is 18.3 Å². The van der Waals surface area contributed by atoms with Gasteiger partial charge in [-0.25, -0.2) is 0 Å². The quantitative estimate of drug-likeness (QED) is 0.842. The van der Waals surface area contributed by atoms with Gasteiger partial charge in [0.1, 0.15) is 6.23 Å². The summed E-state index contributed by atoms with van der Waals surface area (Å²) in [7, 11) is 0. The molecular formula is C11H11ClF3NO. The van der Waals surface area contributed by atoms with E-state index in [2.05, 4.69) is 0 Å². The van der Waals surface area contributed by atoms with Gasteiger partial charge in [-0.2, -0.15) is 13.2 Å². The van der Waals surface area contributed by atoms with Gasteiger partial charge in [0.05, 0.1) is 5.56 Å². The number of benzene rings is 1. The maximum Gasteiger partial charge on any atom is 0.416 e. The molecule has 0 spiro atoms. The van der Waals surface area contributed by atoms with Gasteiger partial charge in [-0.05, 0) is 31.0 Å². The summed E-state index contributed by atoms with van der Waals surface area (Å²) in [5.74, 6) is 0. The molecule has 1 aromatic carbocycles. The lowest BCUT2D eigenvalue weighted by molar-refractivity contribution is -0.137. The van der Waals surface area contributed by atoms with Gasteiger partial charge in [0.25, 0.3) is 0 Å². The van der Waals surface area contributed by atoms with Crippen LogP contribution >= 0.6 is 11.6 Å². The van der Waals surface area contributed by atoms with Crippen LogP contribution in [0.15, 0.2) is 18.2 Å². The van der Waals surface area contributed by atoms with Crippen LogP contribution in [0.2, 0.25) is 5.02 Å². The Kier molecular flexibility index (Phi) is 3.23. The molecule has 17 heavy (non-hydrogen) atoms. The average molecular weight is 266 g/mol. The second kappa shape index (κ2) is 4.38. The van der Waals surface area contributed by atoms with Crippen LogP contribution in [0.5, 0.6) is 0 Å². The summed E-state index contributed by atoms with van der Waals surface area (Å²) in [6.07, 6.45) is -3.83. The van der Waals surface area contributed by atoms with Crippen LogP contribution in [0.25, 0.3) is 0 Å². The number of anilines is 1. The summed E-state index contributed by atoms with van der Waals surface area (Å²) in [6.45, 7) is 0.540. The summed E-state index contributed by atoms with van der Waals surface area (Å²) < 4.78 is 37.8. The minimum Gasteiger partial charge on any atom is -0.374 e. The molecule has 0 amide bonds. The highest BCUT2D eigenvalue weighted by molar-refractivity contribution is 6.30. The first kappa shape index (κ1) is 12.5. The van der Waals surface area contributed by atoms with Crippen molar-refractivity contribution in [3.8, 4) is 0 Å². The minimum atomic E-state index is -4.43. The van der Waals surface area contributed by atoms with E-state index in [1.807, 2.05) is 0 Å². The van der Waals surface area contributed by atoms with E-state index in [1.54, 1.807) is 0 Å². The first-order chi connectivity index (χ1) is 7.88. The first-order valence-corrected chi connectivity index (χ1v) is 5.58. The van der Waals surface area contributed by atoms with Crippen molar-refractivity contribution in [2.75, 3.05) is 11.4 Å². The Bertz CT molecular complexity index is 422. The predicted molar refractivity (Wildman–Crippen MR) is 59.0 cm³/mol. The molecule has 0 radical (unpaired) electrons. The highest BCUT2D eigenvalue weighted by atomic mass is 35.5. The van der Waals surface area contributed by atoms with Crippen molar-refractivity contribution in [2.45, 2.75) is 25.2 Å². The fourth-order valence-corrected chi connectivity index (χ4v) is 2.18. The molecule has 0 aliphatic carbocycles. The third-order valence-electron chi connectivity index (χ3n) is 2.76. The second-order valence-corrected chi connectivity index (χ2v) is 4.45. The lowest BCUT2D eigenvalue weighted by Gasteiger charge is -2.23. The Hall–Kier alpha value is -0.940. The molecule has 1 atom stereocenters. The Morgan fingerprint density at radius 3 is 2.53 bits per heavy atom. The summed E-state index contributed by atoms with van der Waals surface area (Å²) in [6, 6.07) is 3.33. The van der Waals surface area contributed by atoms with E-state index in [0.29, 0.717) is 18.7 Å². The van der Waals surface area contributed by atoms with Crippen LogP contribution in [-0.2, 0) is 6.18 Å². The van der Waals surface area contributed by atoms with Gasteiger partial charge in [0, 0.05) is 17.3 Å². The van der Waals surface area contributed by atoms with E-state index < -0.39 is 18.0 Å². The predicted octanol–water partition coefficient (Wildman–Crippen LogP) is 3.28. The number of hydrogen-bond acceptors (Lipinski definition) is 2. The van der Waals surface area contributed by atoms with Gasteiger partial charge >= 0.3 is 6.18 Å². The number of aliphatic hydroxyl groups is 1. The Balaban J connectivity index is 2.38. The lowest BCUT2D eigenvalue weighted by atomic mass is 10.2. The maximum absolute atomic E-state index is 12.6. The molecule has 1 aliphatic heterocycles. The van der Waals surface area contributed by atoms with Gasteiger partial charge in [-0.3, -0.25) is 0 Å². The molecule has 1 saturated heterocycles. The molecule has 1 aliphatic rings. The van der Waals surface area contributed by atoms with Crippen LogP contribution in [-0.4, -0.2) is 17.9 Å². The highest BCUT2D eigenvalue weighted by Crippen LogP contribution is 2.35. The number of alkyl halides is 3. The number of hydrogen-bond donors (Lipinski definition) is 1. The average Bonchev–Trinajstić information content (AvgIpc) is 2.62. The Morgan fingerprint density at radius 2 is 2.00 bits per heavy atom. The van der Waals surface area contributed by atoms with Gasteiger partial charge in [0.15, 0.2) is 0 Å². The Labute approximate surface area is 102 Å². The van der Waals surface area contributed by atoms with Gasteiger partial charge in [-0.15, -0.1) is 0 Å². The molecule has 6 heteroatoms. The van der Waals surface area contributed by atoms with E-state index in [-0.39, 0.29) is 5.02 Å². The van der Waals surface area contributed by atoms with Crippen molar-refractivity contribution in [1.82, 2.24) is 0 Å². The molecular weight excluding hydrogens is 255 g/mol. The second-order valence-electron chi connectivity index (χ2n) is 4.01. The molecule has 0 saturated carbocycles. The standard InChI is InChI=1S/C11H11ClF3NO/c12-8-4-7(11(13,14)15)5-9(6-8)16-3-1-2-10(16)17/h4-6,10,17H,1-3H2. The summed E-state index contributed by atoms with van der Waals surface area (Å²) in [5.41, 5.74) is -0.478. The first-order valence-electron chi connectivity index (χ1n) is 5.20. The van der Waals surface area contributed by atoms with Gasteiger partial charge in [-0.1, -0.05) is 11.6 Å². The molecule has 1 fully saturated rings. The van der Waals surface area contributed by atoms with Crippen molar-refractivity contribution in [2.24, 2.45) is 0 Å². The zero-order chi connectivity index (χ0) is 12.6. The third-order valence-corrected chi connectivity index (χ3v) is 2.98. The number of halogens is 4. The zero-order valence-electron chi connectivity index (χ0n) is 8.84. The van der Waals surface area contributed by atoms with Crippen LogP contribution in [0.3, 0.4) is 0 Å². The topological polar surface area (TPSA) is 23.5 Å². The summed E-state index contributed by atoms with van der Waals surface area (Å²) in [4.78, 5) is 1.53. The van der Waals surface area contributed by atoms with Crippen LogP contribution in [0.4, 0.5) is 18.9 Å². The fourth-order valence-electron chi connectivity index (χ4n) is 1.95. The van der Waals surface area contributed by atoms with Crippen molar-refractivity contribution >= 4 is 17.3 Å². The van der Waals surface area contributed by atoms with E-state index in [4.69, 9.17) is 11.6 Å². The van der Waals surface area contributed by atoms with Crippen molar-refractivity contribution in [3.05, 3.63) is 28.8 Å². The molecule has 2 rings (SSSR count). The largest absolute Gasteiger partial charge is 0.416 e. The number of aliphatic hydroxyl groups excluding tert-OH is 1. The van der Waals surface area contributed by atoms with Crippen LogP contribution in [0.1, 0.15) is 18.4 Å². The van der Waals surface area contributed by atoms with Gasteiger partial charge < -0.3 is 10.0 Å². The fraction of sp³-hybridized carbons (Fsp3) is 0.455. The highest BCUT2D eigenvalue weighted by Gasteiger charge is 2.32. The zero-order valence-corrected chi connectivity index (χ0v) is 9.59. The van der Waals surface area contributed by atoms with E-state index in [1.165, 1.54) is 11.0 Å². The van der Waals surface area contributed by atoms with Crippen LogP contribution in [0, 0.1) is 0 Å². The normalized spacial score (nSPS) is 21.0. The Morgan fingerprint density at radius 1 is 1.29 bits per heavy atom. The molecule has 2 nitrogen and oxygen atoms in total. The van der Waals surface area contributed by atoms with E-state index in [0.717, 1.165) is 18.6 Å². The van der Waals surface area contributed by atoms with Gasteiger partial charge in [0.2, 0.25) is 0 Å². The maximum atomic E-state index is 12.6. The van der Waals surface area contributed by atoms with Crippen molar-refractivity contribution < 1.29 is 18.3 Å². The third kappa shape index (κ3) is 2.66. The summed E-state index contributed by atoms with van der Waals surface area (Å²) in [5, 5.41) is 9.65. The molecule has 1 N–H and O–H groups in total. The number of rotatable bonds is 1.